The molecule has 2 saturated carbocycles. The van der Waals surface area contributed by atoms with Gasteiger partial charge in [0.1, 0.15) is 0 Å². The Bertz CT molecular complexity index is 234. The summed E-state index contributed by atoms with van der Waals surface area (Å²) in [5.41, 5.74) is 0.328. The number of fused-ring (bicyclic) bond motifs is 2. The molecule has 74 valence electrons. The van der Waals surface area contributed by atoms with Crippen molar-refractivity contribution in [1.29, 1.82) is 0 Å². The molecule has 3 atom stereocenters. The highest BCUT2D eigenvalue weighted by Crippen LogP contribution is 2.55. The molecule has 2 fully saturated rings. The number of hydrogen-bond acceptors (Lipinski definition) is 1. The van der Waals surface area contributed by atoms with Crippen LogP contribution in [-0.2, 0) is 4.79 Å². The number of carbonyl (C=O) groups excluding carboxylic acids is 1. The van der Waals surface area contributed by atoms with E-state index < -0.39 is 0 Å². The van der Waals surface area contributed by atoms with Crippen LogP contribution in [0.4, 0.5) is 0 Å². The van der Waals surface area contributed by atoms with Crippen LogP contribution in [0.25, 0.3) is 0 Å². The van der Waals surface area contributed by atoms with Crippen LogP contribution in [0.15, 0.2) is 0 Å². The van der Waals surface area contributed by atoms with Crippen molar-refractivity contribution in [3.05, 3.63) is 0 Å². The van der Waals surface area contributed by atoms with Gasteiger partial charge in [-0.1, -0.05) is 13.8 Å². The summed E-state index contributed by atoms with van der Waals surface area (Å²) in [6, 6.07) is 0.434. The predicted octanol–water partition coefficient (Wildman–Crippen LogP) is 1.95. The molecule has 3 unspecified atom stereocenters. The monoisotopic (exact) mass is 181 g/mol. The summed E-state index contributed by atoms with van der Waals surface area (Å²) in [4.78, 5) is 11.1. The first-order valence-electron chi connectivity index (χ1n) is 5.29. The zero-order valence-electron chi connectivity index (χ0n) is 8.76. The van der Waals surface area contributed by atoms with Crippen molar-refractivity contribution < 1.29 is 4.79 Å². The molecule has 0 radical (unpaired) electrons. The first-order chi connectivity index (χ1) is 6.01. The zero-order chi connectivity index (χ0) is 9.64. The maximum Gasteiger partial charge on any atom is 0.217 e. The van der Waals surface area contributed by atoms with E-state index in [0.29, 0.717) is 11.5 Å². The van der Waals surface area contributed by atoms with Crippen molar-refractivity contribution in [3.8, 4) is 0 Å². The lowest BCUT2D eigenvalue weighted by Gasteiger charge is -2.38. The van der Waals surface area contributed by atoms with Gasteiger partial charge in [-0.3, -0.25) is 4.79 Å². The second-order valence-corrected chi connectivity index (χ2v) is 5.27. The van der Waals surface area contributed by atoms with Crippen LogP contribution >= 0.6 is 0 Å². The molecule has 0 aromatic rings. The molecule has 13 heavy (non-hydrogen) atoms. The van der Waals surface area contributed by atoms with E-state index >= 15 is 0 Å². The minimum atomic E-state index is 0.130. The summed E-state index contributed by atoms with van der Waals surface area (Å²) < 4.78 is 0. The van der Waals surface area contributed by atoms with Gasteiger partial charge in [0.15, 0.2) is 0 Å². The topological polar surface area (TPSA) is 29.1 Å². The Hall–Kier alpha value is -0.530. The van der Waals surface area contributed by atoms with Gasteiger partial charge in [0.2, 0.25) is 5.91 Å². The fourth-order valence-electron chi connectivity index (χ4n) is 3.38. The molecule has 1 amide bonds. The number of rotatable bonds is 1. The van der Waals surface area contributed by atoms with Crippen LogP contribution in [0.2, 0.25) is 0 Å². The summed E-state index contributed by atoms with van der Waals surface area (Å²) in [6.45, 7) is 6.23. The smallest absolute Gasteiger partial charge is 0.217 e. The van der Waals surface area contributed by atoms with Crippen molar-refractivity contribution >= 4 is 5.91 Å². The van der Waals surface area contributed by atoms with Gasteiger partial charge in [-0.15, -0.1) is 0 Å². The molecule has 2 nitrogen and oxygen atoms in total. The van der Waals surface area contributed by atoms with Gasteiger partial charge in [0, 0.05) is 13.0 Å². The normalized spacial score (nSPS) is 40.7. The van der Waals surface area contributed by atoms with Crippen LogP contribution in [0.5, 0.6) is 0 Å². The lowest BCUT2D eigenvalue weighted by atomic mass is 9.73. The molecule has 1 N–H and O–H groups in total. The predicted molar refractivity (Wildman–Crippen MR) is 52.2 cm³/mol. The third kappa shape index (κ3) is 1.27. The average molecular weight is 181 g/mol. The number of carbonyl (C=O) groups is 1. The first kappa shape index (κ1) is 9.04. The molecule has 2 rings (SSSR count). The Labute approximate surface area is 80.1 Å². The van der Waals surface area contributed by atoms with E-state index in [1.807, 2.05) is 0 Å². The van der Waals surface area contributed by atoms with Gasteiger partial charge in [0.05, 0.1) is 0 Å². The van der Waals surface area contributed by atoms with E-state index in [0.717, 1.165) is 11.8 Å². The molecule has 0 heterocycles. The second-order valence-electron chi connectivity index (χ2n) is 5.27. The molecule has 2 aliphatic rings. The van der Waals surface area contributed by atoms with Gasteiger partial charge >= 0.3 is 0 Å². The molecule has 0 aromatic heterocycles. The third-order valence-electron chi connectivity index (χ3n) is 4.16. The molecule has 0 aliphatic heterocycles. The van der Waals surface area contributed by atoms with E-state index in [-0.39, 0.29) is 5.91 Å². The van der Waals surface area contributed by atoms with E-state index in [2.05, 4.69) is 19.2 Å². The van der Waals surface area contributed by atoms with Crippen LogP contribution < -0.4 is 5.32 Å². The van der Waals surface area contributed by atoms with E-state index in [4.69, 9.17) is 0 Å². The highest BCUT2D eigenvalue weighted by Gasteiger charge is 2.52. The number of nitrogens with one attached hydrogen (secondary N) is 1. The van der Waals surface area contributed by atoms with Crippen LogP contribution in [0.3, 0.4) is 0 Å². The van der Waals surface area contributed by atoms with Gasteiger partial charge in [-0.2, -0.15) is 0 Å². The zero-order valence-corrected chi connectivity index (χ0v) is 8.76. The van der Waals surface area contributed by atoms with Gasteiger partial charge in [0.25, 0.3) is 0 Å². The molecule has 0 aromatic carbocycles. The summed E-state index contributed by atoms with van der Waals surface area (Å²) >= 11 is 0. The number of hydrogen-bond donors (Lipinski definition) is 1. The highest BCUT2D eigenvalue weighted by molar-refractivity contribution is 5.73. The van der Waals surface area contributed by atoms with Crippen molar-refractivity contribution in [3.63, 3.8) is 0 Å². The molecular formula is C11H19NO. The SMILES string of the molecule is CC(=O)NC1C2CCC(C2)C1(C)C. The molecular weight excluding hydrogens is 162 g/mol. The summed E-state index contributed by atoms with van der Waals surface area (Å²) in [7, 11) is 0. The Kier molecular flexibility index (Phi) is 1.90. The minimum absolute atomic E-state index is 0.130. The van der Waals surface area contributed by atoms with E-state index in [1.165, 1.54) is 19.3 Å². The van der Waals surface area contributed by atoms with Gasteiger partial charge in [-0.25, -0.2) is 0 Å². The van der Waals surface area contributed by atoms with Crippen molar-refractivity contribution in [2.24, 2.45) is 17.3 Å². The second kappa shape index (κ2) is 2.73. The molecule has 2 bridgehead atoms. The Morgan fingerprint density at radius 2 is 2.08 bits per heavy atom. The number of amides is 1. The summed E-state index contributed by atoms with van der Waals surface area (Å²) in [5.74, 6) is 1.73. The molecule has 2 aliphatic carbocycles. The average Bonchev–Trinajstić information content (AvgIpc) is 2.53. The van der Waals surface area contributed by atoms with Gasteiger partial charge in [-0.05, 0) is 36.5 Å². The molecule has 0 saturated heterocycles. The highest BCUT2D eigenvalue weighted by atomic mass is 16.1. The minimum Gasteiger partial charge on any atom is -0.353 e. The Morgan fingerprint density at radius 1 is 1.38 bits per heavy atom. The van der Waals surface area contributed by atoms with Crippen LogP contribution in [-0.4, -0.2) is 11.9 Å². The summed E-state index contributed by atoms with van der Waals surface area (Å²) in [5, 5.41) is 3.12. The Balaban J connectivity index is 2.14. The largest absolute Gasteiger partial charge is 0.353 e. The van der Waals surface area contributed by atoms with Crippen molar-refractivity contribution in [1.82, 2.24) is 5.32 Å². The van der Waals surface area contributed by atoms with Gasteiger partial charge < -0.3 is 5.32 Å². The van der Waals surface area contributed by atoms with Crippen molar-refractivity contribution in [2.75, 3.05) is 0 Å². The Morgan fingerprint density at radius 3 is 2.54 bits per heavy atom. The van der Waals surface area contributed by atoms with E-state index in [1.54, 1.807) is 6.92 Å². The lowest BCUT2D eigenvalue weighted by Crippen LogP contribution is -2.47. The first-order valence-corrected chi connectivity index (χ1v) is 5.29. The van der Waals surface area contributed by atoms with Crippen molar-refractivity contribution in [2.45, 2.75) is 46.1 Å². The third-order valence-corrected chi connectivity index (χ3v) is 4.16. The maximum atomic E-state index is 11.1. The fraction of sp³-hybridized carbons (Fsp3) is 0.909. The standard InChI is InChI=1S/C11H19NO/c1-7(13)12-10-8-4-5-9(6-8)11(10,2)3/h8-10H,4-6H2,1-3H3,(H,12,13). The van der Waals surface area contributed by atoms with Crippen LogP contribution in [0.1, 0.15) is 40.0 Å². The lowest BCUT2D eigenvalue weighted by molar-refractivity contribution is -0.121. The molecule has 0 spiro atoms. The molecule has 2 heteroatoms. The van der Waals surface area contributed by atoms with E-state index in [9.17, 15) is 4.79 Å². The van der Waals surface area contributed by atoms with Crippen LogP contribution in [0, 0.1) is 17.3 Å². The summed E-state index contributed by atoms with van der Waals surface area (Å²) in [6.07, 6.45) is 4.02. The maximum absolute atomic E-state index is 11.1. The fourth-order valence-corrected chi connectivity index (χ4v) is 3.38. The quantitative estimate of drug-likeness (QED) is 0.658.